The first-order valence-corrected chi connectivity index (χ1v) is 7.21. The molecule has 0 spiro atoms. The molecule has 0 saturated heterocycles. The first kappa shape index (κ1) is 14.1. The van der Waals surface area contributed by atoms with Crippen LogP contribution in [0.5, 0.6) is 0 Å². The van der Waals surface area contributed by atoms with Crippen molar-refractivity contribution < 1.29 is 0 Å². The summed E-state index contributed by atoms with van der Waals surface area (Å²) in [4.78, 5) is 8.37. The van der Waals surface area contributed by atoms with Gasteiger partial charge in [-0.25, -0.2) is 9.97 Å². The van der Waals surface area contributed by atoms with E-state index in [-0.39, 0.29) is 6.04 Å². The highest BCUT2D eigenvalue weighted by Crippen LogP contribution is 2.30. The number of rotatable bonds is 4. The first-order valence-electron chi connectivity index (χ1n) is 6.46. The number of imidazole rings is 1. The smallest absolute Gasteiger partial charge is 0.141 e. The summed E-state index contributed by atoms with van der Waals surface area (Å²) in [6.07, 6.45) is 6.92. The molecule has 108 valence electrons. The molecule has 0 aliphatic carbocycles. The Morgan fingerprint density at radius 3 is 2.86 bits per heavy atom. The number of nitrogens with zero attached hydrogens (tertiary/aromatic N) is 5. The molecule has 3 aromatic rings. The third-order valence-corrected chi connectivity index (χ3v) is 3.78. The second-order valence-corrected chi connectivity index (χ2v) is 5.59. The van der Waals surface area contributed by atoms with Crippen LogP contribution >= 0.6 is 23.2 Å². The van der Waals surface area contributed by atoms with Crippen LogP contribution in [0.2, 0.25) is 10.0 Å². The predicted molar refractivity (Wildman–Crippen MR) is 82.4 cm³/mol. The molecule has 0 fully saturated rings. The van der Waals surface area contributed by atoms with E-state index < -0.39 is 0 Å². The van der Waals surface area contributed by atoms with Crippen molar-refractivity contribution in [3.63, 3.8) is 0 Å². The summed E-state index contributed by atoms with van der Waals surface area (Å²) in [5, 5.41) is 5.32. The van der Waals surface area contributed by atoms with Crippen molar-refractivity contribution >= 4 is 23.2 Å². The van der Waals surface area contributed by atoms with Gasteiger partial charge in [-0.2, -0.15) is 5.10 Å². The number of hydrogen-bond acceptors (Lipinski definition) is 3. The molecule has 0 radical (unpaired) electrons. The molecule has 0 N–H and O–H groups in total. The fourth-order valence-electron chi connectivity index (χ4n) is 2.23. The summed E-state index contributed by atoms with van der Waals surface area (Å²) in [7, 11) is 0. The van der Waals surface area contributed by atoms with Crippen molar-refractivity contribution in [1.82, 2.24) is 24.3 Å². The van der Waals surface area contributed by atoms with Gasteiger partial charge < -0.3 is 4.57 Å². The van der Waals surface area contributed by atoms with Crippen molar-refractivity contribution in [2.45, 2.75) is 19.5 Å². The van der Waals surface area contributed by atoms with Crippen LogP contribution in [-0.4, -0.2) is 24.3 Å². The van der Waals surface area contributed by atoms with Crippen LogP contribution in [0.4, 0.5) is 0 Å². The maximum atomic E-state index is 6.28. The highest BCUT2D eigenvalue weighted by atomic mass is 35.5. The monoisotopic (exact) mass is 321 g/mol. The largest absolute Gasteiger partial charge is 0.326 e. The molecule has 0 saturated carbocycles. The van der Waals surface area contributed by atoms with Gasteiger partial charge in [-0.3, -0.25) is 4.68 Å². The average molecular weight is 322 g/mol. The fourth-order valence-corrected chi connectivity index (χ4v) is 2.73. The van der Waals surface area contributed by atoms with E-state index in [0.717, 1.165) is 11.4 Å². The van der Waals surface area contributed by atoms with E-state index in [1.807, 2.05) is 18.3 Å². The van der Waals surface area contributed by atoms with Crippen LogP contribution in [0.3, 0.4) is 0 Å². The van der Waals surface area contributed by atoms with Gasteiger partial charge in [-0.15, -0.1) is 0 Å². The van der Waals surface area contributed by atoms with Crippen LogP contribution in [0.25, 0.3) is 11.4 Å². The molecule has 3 rings (SSSR count). The van der Waals surface area contributed by atoms with E-state index in [1.54, 1.807) is 23.3 Å². The summed E-state index contributed by atoms with van der Waals surface area (Å²) < 4.78 is 3.86. The zero-order valence-electron chi connectivity index (χ0n) is 11.3. The zero-order valence-corrected chi connectivity index (χ0v) is 12.8. The van der Waals surface area contributed by atoms with Gasteiger partial charge in [0, 0.05) is 23.0 Å². The molecule has 1 aromatic carbocycles. The Morgan fingerprint density at radius 2 is 2.14 bits per heavy atom. The summed E-state index contributed by atoms with van der Waals surface area (Å²) in [5.41, 5.74) is 0.858. The number of aromatic nitrogens is 5. The molecule has 2 heterocycles. The lowest BCUT2D eigenvalue weighted by Gasteiger charge is -2.17. The van der Waals surface area contributed by atoms with Gasteiger partial charge in [0.15, 0.2) is 0 Å². The molecule has 21 heavy (non-hydrogen) atoms. The molecule has 7 heteroatoms. The van der Waals surface area contributed by atoms with Gasteiger partial charge >= 0.3 is 0 Å². The van der Waals surface area contributed by atoms with Gasteiger partial charge in [0.2, 0.25) is 0 Å². The highest BCUT2D eigenvalue weighted by Gasteiger charge is 2.15. The average Bonchev–Trinajstić information content (AvgIpc) is 3.09. The minimum atomic E-state index is 0.163. The Bertz CT molecular complexity index is 736. The Balaban J connectivity index is 1.93. The van der Waals surface area contributed by atoms with Gasteiger partial charge in [0.1, 0.15) is 18.5 Å². The number of benzene rings is 1. The zero-order chi connectivity index (χ0) is 14.8. The molecule has 0 aliphatic heterocycles. The molecule has 0 aliphatic rings. The van der Waals surface area contributed by atoms with Gasteiger partial charge in [-0.1, -0.05) is 23.2 Å². The predicted octanol–water partition coefficient (Wildman–Crippen LogP) is 3.71. The Morgan fingerprint density at radius 1 is 1.29 bits per heavy atom. The van der Waals surface area contributed by atoms with Crippen LogP contribution in [0.1, 0.15) is 13.0 Å². The fraction of sp³-hybridized carbons (Fsp3) is 0.214. The highest BCUT2D eigenvalue weighted by molar-refractivity contribution is 6.36. The number of hydrogen-bond donors (Lipinski definition) is 0. The lowest BCUT2D eigenvalue weighted by Crippen LogP contribution is -2.14. The Kier molecular flexibility index (Phi) is 3.94. The minimum Gasteiger partial charge on any atom is -0.326 e. The molecular formula is C14H13Cl2N5. The quantitative estimate of drug-likeness (QED) is 0.736. The lowest BCUT2D eigenvalue weighted by molar-refractivity contribution is 0.439. The second kappa shape index (κ2) is 5.87. The van der Waals surface area contributed by atoms with Crippen LogP contribution < -0.4 is 0 Å². The van der Waals surface area contributed by atoms with E-state index in [0.29, 0.717) is 16.6 Å². The molecule has 0 amide bonds. The Labute approximate surface area is 132 Å². The van der Waals surface area contributed by atoms with Crippen molar-refractivity contribution in [1.29, 1.82) is 0 Å². The van der Waals surface area contributed by atoms with Crippen molar-refractivity contribution in [2.24, 2.45) is 0 Å². The minimum absolute atomic E-state index is 0.163. The molecule has 2 aromatic heterocycles. The van der Waals surface area contributed by atoms with Gasteiger partial charge in [-0.05, 0) is 25.1 Å². The third-order valence-electron chi connectivity index (χ3n) is 3.23. The molecular weight excluding hydrogens is 309 g/mol. The molecule has 1 atom stereocenters. The summed E-state index contributed by atoms with van der Waals surface area (Å²) in [6.45, 7) is 2.80. The SMILES string of the molecule is CC(Cn1cncn1)n1ccnc1-c1ccc(Cl)cc1Cl. The maximum Gasteiger partial charge on any atom is 0.141 e. The van der Waals surface area contributed by atoms with Crippen LogP contribution in [-0.2, 0) is 6.54 Å². The number of halogens is 2. The lowest BCUT2D eigenvalue weighted by atomic mass is 10.2. The molecule has 0 bridgehead atoms. The second-order valence-electron chi connectivity index (χ2n) is 4.75. The summed E-state index contributed by atoms with van der Waals surface area (Å²) >= 11 is 12.2. The standard InChI is InChI=1S/C14H13Cl2N5/c1-10(7-20-9-17-8-19-20)21-5-4-18-14(21)12-3-2-11(15)6-13(12)16/h2-6,8-10H,7H2,1H3. The normalized spacial score (nSPS) is 12.5. The topological polar surface area (TPSA) is 48.5 Å². The third kappa shape index (κ3) is 2.94. The van der Waals surface area contributed by atoms with E-state index >= 15 is 0 Å². The molecule has 1 unspecified atom stereocenters. The van der Waals surface area contributed by atoms with Crippen molar-refractivity contribution in [3.8, 4) is 11.4 Å². The van der Waals surface area contributed by atoms with Crippen molar-refractivity contribution in [2.75, 3.05) is 0 Å². The summed E-state index contributed by atoms with van der Waals surface area (Å²) in [6, 6.07) is 5.57. The van der Waals surface area contributed by atoms with E-state index in [9.17, 15) is 0 Å². The van der Waals surface area contributed by atoms with Crippen LogP contribution in [0, 0.1) is 0 Å². The first-order chi connectivity index (χ1) is 10.1. The summed E-state index contributed by atoms with van der Waals surface area (Å²) in [5.74, 6) is 0.810. The van der Waals surface area contributed by atoms with Gasteiger partial charge in [0.05, 0.1) is 17.6 Å². The Hall–Kier alpha value is -1.85. The van der Waals surface area contributed by atoms with Crippen molar-refractivity contribution in [3.05, 3.63) is 53.3 Å². The van der Waals surface area contributed by atoms with E-state index in [1.165, 1.54) is 6.33 Å². The van der Waals surface area contributed by atoms with Crippen LogP contribution in [0.15, 0.2) is 43.2 Å². The van der Waals surface area contributed by atoms with Gasteiger partial charge in [0.25, 0.3) is 0 Å². The van der Waals surface area contributed by atoms with E-state index in [2.05, 4.69) is 26.6 Å². The van der Waals surface area contributed by atoms with E-state index in [4.69, 9.17) is 23.2 Å². The maximum absolute atomic E-state index is 6.28. The molecule has 5 nitrogen and oxygen atoms in total.